The zero-order chi connectivity index (χ0) is 13.9. The molecular weight excluding hydrogens is 266 g/mol. The molecule has 1 aromatic carbocycles. The Kier molecular flexibility index (Phi) is 3.36. The molecule has 2 heterocycles. The summed E-state index contributed by atoms with van der Waals surface area (Å²) >= 11 is 1.70. The molecule has 0 atom stereocenters. The van der Waals surface area contributed by atoms with Crippen molar-refractivity contribution >= 4 is 27.9 Å². The average Bonchev–Trinajstić information content (AvgIpc) is 2.90. The molecule has 3 rings (SSSR count). The highest BCUT2D eigenvalue weighted by Crippen LogP contribution is 2.26. The fourth-order valence-electron chi connectivity index (χ4n) is 2.17. The lowest BCUT2D eigenvalue weighted by Gasteiger charge is -2.11. The van der Waals surface area contributed by atoms with E-state index in [1.54, 1.807) is 17.5 Å². The van der Waals surface area contributed by atoms with Gasteiger partial charge in [0.05, 0.1) is 16.8 Å². The lowest BCUT2D eigenvalue weighted by atomic mass is 10.1. The van der Waals surface area contributed by atoms with Gasteiger partial charge in [0.1, 0.15) is 6.07 Å². The van der Waals surface area contributed by atoms with Crippen LogP contribution in [0.5, 0.6) is 0 Å². The molecule has 4 heteroatoms. The van der Waals surface area contributed by atoms with Crippen LogP contribution >= 0.6 is 11.3 Å². The molecule has 0 bridgehead atoms. The Morgan fingerprint density at radius 3 is 2.90 bits per heavy atom. The Hall–Kier alpha value is -2.38. The number of nitrogens with one attached hydrogen (secondary N) is 1. The first-order valence-corrected chi connectivity index (χ1v) is 7.27. The minimum Gasteiger partial charge on any atom is -0.379 e. The van der Waals surface area contributed by atoms with E-state index in [1.807, 2.05) is 24.3 Å². The molecule has 0 aliphatic heterocycles. The number of pyridine rings is 1. The monoisotopic (exact) mass is 279 g/mol. The quantitative estimate of drug-likeness (QED) is 0.785. The minimum atomic E-state index is 0.580. The van der Waals surface area contributed by atoms with Gasteiger partial charge in [0.15, 0.2) is 0 Å². The van der Waals surface area contributed by atoms with E-state index in [-0.39, 0.29) is 0 Å². The third kappa shape index (κ3) is 2.24. The van der Waals surface area contributed by atoms with E-state index in [9.17, 15) is 5.26 Å². The van der Waals surface area contributed by atoms with Gasteiger partial charge in [0.2, 0.25) is 0 Å². The number of thiophene rings is 1. The van der Waals surface area contributed by atoms with E-state index in [2.05, 4.69) is 34.1 Å². The van der Waals surface area contributed by atoms with Gasteiger partial charge in [-0.1, -0.05) is 18.2 Å². The van der Waals surface area contributed by atoms with Crippen molar-refractivity contribution in [1.29, 1.82) is 5.26 Å². The van der Waals surface area contributed by atoms with Crippen LogP contribution in [-0.2, 0) is 6.54 Å². The number of hydrogen-bond acceptors (Lipinski definition) is 4. The van der Waals surface area contributed by atoms with Crippen molar-refractivity contribution in [1.82, 2.24) is 4.98 Å². The molecule has 0 fully saturated rings. The maximum Gasteiger partial charge on any atom is 0.103 e. The molecule has 0 radical (unpaired) electrons. The highest BCUT2D eigenvalue weighted by Gasteiger charge is 2.08. The van der Waals surface area contributed by atoms with Gasteiger partial charge in [-0.15, -0.1) is 0 Å². The zero-order valence-corrected chi connectivity index (χ0v) is 11.9. The van der Waals surface area contributed by atoms with E-state index in [1.165, 1.54) is 11.1 Å². The van der Waals surface area contributed by atoms with E-state index in [0.29, 0.717) is 5.56 Å². The zero-order valence-electron chi connectivity index (χ0n) is 11.1. The molecular formula is C16H13N3S. The minimum absolute atomic E-state index is 0.580. The molecule has 0 saturated heterocycles. The molecule has 98 valence electrons. The van der Waals surface area contributed by atoms with E-state index >= 15 is 0 Å². The lowest BCUT2D eigenvalue weighted by Crippen LogP contribution is -2.03. The fraction of sp³-hybridized carbons (Fsp3) is 0.125. The average molecular weight is 279 g/mol. The van der Waals surface area contributed by atoms with Crippen LogP contribution in [0.1, 0.15) is 16.7 Å². The fourth-order valence-corrected chi connectivity index (χ4v) is 3.03. The predicted molar refractivity (Wildman–Crippen MR) is 82.8 cm³/mol. The Balaban J connectivity index is 2.01. The van der Waals surface area contributed by atoms with Gasteiger partial charge in [-0.05, 0) is 34.9 Å². The largest absolute Gasteiger partial charge is 0.379 e. The molecule has 0 unspecified atom stereocenters. The second-order valence-corrected chi connectivity index (χ2v) is 5.35. The van der Waals surface area contributed by atoms with E-state index in [4.69, 9.17) is 0 Å². The standard InChI is InChI=1S/C16H13N3S/c1-11-9-20-10-13(11)8-19-16-12(6-17)7-18-15-5-3-2-4-14(15)16/h2-5,7,9-10H,8H2,1H3,(H,18,19). The van der Waals surface area contributed by atoms with Crippen LogP contribution in [-0.4, -0.2) is 4.98 Å². The Labute approximate surface area is 121 Å². The third-order valence-electron chi connectivity index (χ3n) is 3.31. The van der Waals surface area contributed by atoms with Gasteiger partial charge >= 0.3 is 0 Å². The normalized spacial score (nSPS) is 10.4. The van der Waals surface area contributed by atoms with Crippen molar-refractivity contribution in [3.8, 4) is 6.07 Å². The van der Waals surface area contributed by atoms with Gasteiger partial charge in [0, 0.05) is 18.1 Å². The number of nitrogens with zero attached hydrogens (tertiary/aromatic N) is 2. The molecule has 0 aliphatic rings. The Morgan fingerprint density at radius 2 is 2.15 bits per heavy atom. The smallest absolute Gasteiger partial charge is 0.103 e. The summed E-state index contributed by atoms with van der Waals surface area (Å²) in [5, 5.41) is 17.9. The van der Waals surface area contributed by atoms with Crippen molar-refractivity contribution in [2.75, 3.05) is 5.32 Å². The van der Waals surface area contributed by atoms with Crippen molar-refractivity contribution < 1.29 is 0 Å². The maximum atomic E-state index is 9.26. The van der Waals surface area contributed by atoms with Crippen molar-refractivity contribution in [2.45, 2.75) is 13.5 Å². The first kappa shape index (κ1) is 12.6. The van der Waals surface area contributed by atoms with Crippen LogP contribution < -0.4 is 5.32 Å². The number of hydrogen-bond donors (Lipinski definition) is 1. The van der Waals surface area contributed by atoms with Gasteiger partial charge in [-0.2, -0.15) is 16.6 Å². The molecule has 0 saturated carbocycles. The number of para-hydroxylation sites is 1. The summed E-state index contributed by atoms with van der Waals surface area (Å²) < 4.78 is 0. The van der Waals surface area contributed by atoms with Gasteiger partial charge < -0.3 is 5.32 Å². The van der Waals surface area contributed by atoms with Crippen molar-refractivity contribution in [3.05, 3.63) is 57.9 Å². The second kappa shape index (κ2) is 5.32. The number of nitriles is 1. The van der Waals surface area contributed by atoms with Crippen LogP contribution in [0.25, 0.3) is 10.9 Å². The van der Waals surface area contributed by atoms with Crippen LogP contribution in [0, 0.1) is 18.3 Å². The molecule has 3 nitrogen and oxygen atoms in total. The molecule has 20 heavy (non-hydrogen) atoms. The summed E-state index contributed by atoms with van der Waals surface area (Å²) in [5.74, 6) is 0. The molecule has 0 spiro atoms. The summed E-state index contributed by atoms with van der Waals surface area (Å²) in [4.78, 5) is 4.31. The highest BCUT2D eigenvalue weighted by molar-refractivity contribution is 7.08. The number of rotatable bonds is 3. The van der Waals surface area contributed by atoms with Gasteiger partial charge in [-0.3, -0.25) is 4.98 Å². The summed E-state index contributed by atoms with van der Waals surface area (Å²) in [6, 6.07) is 10.1. The topological polar surface area (TPSA) is 48.7 Å². The first-order valence-electron chi connectivity index (χ1n) is 6.33. The Morgan fingerprint density at radius 1 is 1.30 bits per heavy atom. The SMILES string of the molecule is Cc1cscc1CNc1c(C#N)cnc2ccccc12. The van der Waals surface area contributed by atoms with Crippen LogP contribution in [0.15, 0.2) is 41.2 Å². The number of benzene rings is 1. The number of aromatic nitrogens is 1. The number of anilines is 1. The van der Waals surface area contributed by atoms with Crippen molar-refractivity contribution in [2.24, 2.45) is 0 Å². The summed E-state index contributed by atoms with van der Waals surface area (Å²) in [6.07, 6.45) is 1.63. The Bertz CT molecular complexity index is 799. The summed E-state index contributed by atoms with van der Waals surface area (Å²) in [5.41, 5.74) is 4.88. The molecule has 0 amide bonds. The number of fused-ring (bicyclic) bond motifs is 1. The highest BCUT2D eigenvalue weighted by atomic mass is 32.1. The maximum absolute atomic E-state index is 9.26. The molecule has 0 aliphatic carbocycles. The van der Waals surface area contributed by atoms with Crippen LogP contribution in [0.4, 0.5) is 5.69 Å². The molecule has 3 aromatic rings. The second-order valence-electron chi connectivity index (χ2n) is 4.61. The van der Waals surface area contributed by atoms with Crippen molar-refractivity contribution in [3.63, 3.8) is 0 Å². The predicted octanol–water partition coefficient (Wildman–Crippen LogP) is 4.09. The number of aryl methyl sites for hydroxylation is 1. The van der Waals surface area contributed by atoms with Crippen LogP contribution in [0.2, 0.25) is 0 Å². The van der Waals surface area contributed by atoms with E-state index < -0.39 is 0 Å². The summed E-state index contributed by atoms with van der Waals surface area (Å²) in [6.45, 7) is 2.82. The summed E-state index contributed by atoms with van der Waals surface area (Å²) in [7, 11) is 0. The van der Waals surface area contributed by atoms with Crippen LogP contribution in [0.3, 0.4) is 0 Å². The van der Waals surface area contributed by atoms with Gasteiger partial charge in [0.25, 0.3) is 0 Å². The van der Waals surface area contributed by atoms with E-state index in [0.717, 1.165) is 23.1 Å². The lowest BCUT2D eigenvalue weighted by molar-refractivity contribution is 1.14. The van der Waals surface area contributed by atoms with Gasteiger partial charge in [-0.25, -0.2) is 0 Å². The molecule has 1 N–H and O–H groups in total. The first-order chi connectivity index (χ1) is 9.79. The molecule has 2 aromatic heterocycles. The third-order valence-corrected chi connectivity index (χ3v) is 4.22.